The first-order valence-electron chi connectivity index (χ1n) is 8.64. The summed E-state index contributed by atoms with van der Waals surface area (Å²) >= 11 is 12.0. The maximum atomic E-state index is 13.9. The number of benzene rings is 3. The van der Waals surface area contributed by atoms with Gasteiger partial charge in [-0.3, -0.25) is 9.59 Å². The van der Waals surface area contributed by atoms with E-state index in [1.165, 1.54) is 12.3 Å². The first-order chi connectivity index (χ1) is 14.4. The summed E-state index contributed by atoms with van der Waals surface area (Å²) in [4.78, 5) is 23.9. The summed E-state index contributed by atoms with van der Waals surface area (Å²) < 4.78 is 13.9. The molecule has 0 unspecified atom stereocenters. The number of hydrogen-bond acceptors (Lipinski definition) is 4. The molecule has 3 aromatic rings. The topological polar surface area (TPSA) is 82.6 Å². The van der Waals surface area contributed by atoms with Crippen molar-refractivity contribution in [2.75, 3.05) is 10.6 Å². The fourth-order valence-electron chi connectivity index (χ4n) is 2.41. The summed E-state index contributed by atoms with van der Waals surface area (Å²) in [5, 5.41) is 9.82. The Morgan fingerprint density at radius 2 is 1.57 bits per heavy atom. The molecule has 6 nitrogen and oxygen atoms in total. The molecule has 0 fully saturated rings. The number of carbonyl (C=O) groups excluding carboxylic acids is 2. The zero-order chi connectivity index (χ0) is 21.5. The van der Waals surface area contributed by atoms with Gasteiger partial charge in [0, 0.05) is 16.3 Å². The number of rotatable bonds is 5. The van der Waals surface area contributed by atoms with Crippen LogP contribution in [0, 0.1) is 5.82 Å². The van der Waals surface area contributed by atoms with Crippen molar-refractivity contribution in [1.82, 2.24) is 5.43 Å². The van der Waals surface area contributed by atoms with E-state index in [4.69, 9.17) is 23.2 Å². The summed E-state index contributed by atoms with van der Waals surface area (Å²) in [6.45, 7) is 0. The average Bonchev–Trinajstić information content (AvgIpc) is 2.73. The molecule has 0 aromatic heterocycles. The van der Waals surface area contributed by atoms with E-state index in [9.17, 15) is 14.0 Å². The zero-order valence-corrected chi connectivity index (χ0v) is 16.8. The Morgan fingerprint density at radius 1 is 0.867 bits per heavy atom. The number of anilines is 3. The second kappa shape index (κ2) is 9.87. The molecule has 0 heterocycles. The molecule has 0 spiro atoms. The number of carbonyl (C=O) groups is 2. The van der Waals surface area contributed by atoms with Crippen LogP contribution in [0.4, 0.5) is 21.5 Å². The SMILES string of the molecule is O=C(N/N=C\c1cc(Cl)ccc1Nc1ccccc1F)C(=O)Nc1ccccc1Cl. The molecule has 0 saturated heterocycles. The number of hydrazone groups is 1. The zero-order valence-electron chi connectivity index (χ0n) is 15.3. The molecule has 0 aliphatic carbocycles. The third-order valence-electron chi connectivity index (χ3n) is 3.85. The van der Waals surface area contributed by atoms with Gasteiger partial charge in [-0.15, -0.1) is 0 Å². The lowest BCUT2D eigenvalue weighted by Crippen LogP contribution is -2.32. The van der Waals surface area contributed by atoms with Gasteiger partial charge in [-0.25, -0.2) is 9.82 Å². The fourth-order valence-corrected chi connectivity index (χ4v) is 2.78. The highest BCUT2D eigenvalue weighted by Gasteiger charge is 2.14. The summed E-state index contributed by atoms with van der Waals surface area (Å²) in [6.07, 6.45) is 1.29. The van der Waals surface area contributed by atoms with Gasteiger partial charge in [0.05, 0.1) is 22.6 Å². The molecule has 3 rings (SSSR count). The Hall–Kier alpha value is -3.42. The molecule has 9 heteroatoms. The minimum absolute atomic E-state index is 0.262. The Balaban J connectivity index is 1.69. The lowest BCUT2D eigenvalue weighted by Gasteiger charge is -2.11. The molecule has 0 aliphatic heterocycles. The van der Waals surface area contributed by atoms with Crippen LogP contribution in [0.1, 0.15) is 5.56 Å². The first-order valence-corrected chi connectivity index (χ1v) is 9.39. The maximum Gasteiger partial charge on any atom is 0.329 e. The first kappa shape index (κ1) is 21.3. The minimum Gasteiger partial charge on any atom is -0.353 e. The number of hydrogen-bond donors (Lipinski definition) is 3. The number of nitrogens with zero attached hydrogens (tertiary/aromatic N) is 1. The normalized spacial score (nSPS) is 10.6. The van der Waals surface area contributed by atoms with E-state index in [2.05, 4.69) is 21.2 Å². The van der Waals surface area contributed by atoms with Crippen LogP contribution in [0.15, 0.2) is 71.8 Å². The maximum absolute atomic E-state index is 13.9. The molecule has 152 valence electrons. The van der Waals surface area contributed by atoms with Crippen molar-refractivity contribution in [3.8, 4) is 0 Å². The van der Waals surface area contributed by atoms with Crippen LogP contribution in [-0.4, -0.2) is 18.0 Å². The predicted molar refractivity (Wildman–Crippen MR) is 117 cm³/mol. The van der Waals surface area contributed by atoms with E-state index < -0.39 is 17.6 Å². The quantitative estimate of drug-likeness (QED) is 0.295. The molecule has 0 atom stereocenters. The van der Waals surface area contributed by atoms with Gasteiger partial charge in [-0.2, -0.15) is 5.10 Å². The molecule has 2 amide bonds. The van der Waals surface area contributed by atoms with Crippen LogP contribution < -0.4 is 16.1 Å². The third kappa shape index (κ3) is 5.56. The van der Waals surface area contributed by atoms with Crippen molar-refractivity contribution in [3.63, 3.8) is 0 Å². The van der Waals surface area contributed by atoms with E-state index in [1.807, 2.05) is 0 Å². The van der Waals surface area contributed by atoms with Crippen molar-refractivity contribution < 1.29 is 14.0 Å². The van der Waals surface area contributed by atoms with E-state index in [1.54, 1.807) is 60.7 Å². The Bertz CT molecular complexity index is 1120. The summed E-state index contributed by atoms with van der Waals surface area (Å²) in [7, 11) is 0. The molecule has 0 radical (unpaired) electrons. The van der Waals surface area contributed by atoms with E-state index in [-0.39, 0.29) is 5.69 Å². The largest absolute Gasteiger partial charge is 0.353 e. The number of amides is 2. The van der Waals surface area contributed by atoms with Crippen molar-refractivity contribution in [2.24, 2.45) is 5.10 Å². The van der Waals surface area contributed by atoms with Gasteiger partial charge in [0.25, 0.3) is 0 Å². The summed E-state index contributed by atoms with van der Waals surface area (Å²) in [5.41, 5.74) is 3.66. The lowest BCUT2D eigenvalue weighted by atomic mass is 10.2. The van der Waals surface area contributed by atoms with Crippen molar-refractivity contribution in [1.29, 1.82) is 0 Å². The molecule has 0 saturated carbocycles. The Kier molecular flexibility index (Phi) is 7.00. The number of nitrogens with one attached hydrogen (secondary N) is 3. The van der Waals surface area contributed by atoms with Gasteiger partial charge < -0.3 is 10.6 Å². The number of para-hydroxylation sites is 2. The van der Waals surface area contributed by atoms with E-state index in [0.717, 1.165) is 0 Å². The van der Waals surface area contributed by atoms with Crippen LogP contribution in [0.2, 0.25) is 10.0 Å². The number of halogens is 3. The molecule has 0 bridgehead atoms. The van der Waals surface area contributed by atoms with Crippen molar-refractivity contribution >= 4 is 58.3 Å². The van der Waals surface area contributed by atoms with Gasteiger partial charge in [-0.1, -0.05) is 47.5 Å². The van der Waals surface area contributed by atoms with Crippen LogP contribution in [0.3, 0.4) is 0 Å². The highest BCUT2D eigenvalue weighted by Crippen LogP contribution is 2.25. The highest BCUT2D eigenvalue weighted by molar-refractivity contribution is 6.41. The van der Waals surface area contributed by atoms with Crippen LogP contribution >= 0.6 is 23.2 Å². The standard InChI is InChI=1S/C21H15Cl2FN4O2/c22-14-9-10-17(26-19-8-4-2-6-16(19)24)13(11-14)12-25-28-21(30)20(29)27-18-7-3-1-5-15(18)23/h1-12,26H,(H,27,29)(H,28,30)/b25-12-. The second-order valence-corrected chi connectivity index (χ2v) is 6.81. The monoisotopic (exact) mass is 444 g/mol. The molecular weight excluding hydrogens is 430 g/mol. The predicted octanol–water partition coefficient (Wildman–Crippen LogP) is 4.96. The van der Waals surface area contributed by atoms with Gasteiger partial charge in [0.1, 0.15) is 5.82 Å². The summed E-state index contributed by atoms with van der Waals surface area (Å²) in [6, 6.07) is 17.5. The van der Waals surface area contributed by atoms with Crippen LogP contribution in [0.25, 0.3) is 0 Å². The molecular formula is C21H15Cl2FN4O2. The lowest BCUT2D eigenvalue weighted by molar-refractivity contribution is -0.136. The molecule has 30 heavy (non-hydrogen) atoms. The average molecular weight is 445 g/mol. The molecule has 0 aliphatic rings. The van der Waals surface area contributed by atoms with E-state index >= 15 is 0 Å². The Labute approximate surface area is 181 Å². The second-order valence-electron chi connectivity index (χ2n) is 5.97. The van der Waals surface area contributed by atoms with Gasteiger partial charge >= 0.3 is 11.8 Å². The fraction of sp³-hybridized carbons (Fsp3) is 0. The molecule has 3 aromatic carbocycles. The molecule has 3 N–H and O–H groups in total. The Morgan fingerprint density at radius 3 is 2.30 bits per heavy atom. The summed E-state index contributed by atoms with van der Waals surface area (Å²) in [5.74, 6) is -2.35. The van der Waals surface area contributed by atoms with Crippen LogP contribution in [0.5, 0.6) is 0 Å². The van der Waals surface area contributed by atoms with Gasteiger partial charge in [-0.05, 0) is 42.5 Å². The van der Waals surface area contributed by atoms with Crippen LogP contribution in [-0.2, 0) is 9.59 Å². The van der Waals surface area contributed by atoms with E-state index in [0.29, 0.717) is 27.0 Å². The van der Waals surface area contributed by atoms with Gasteiger partial charge in [0.2, 0.25) is 0 Å². The third-order valence-corrected chi connectivity index (χ3v) is 4.42. The van der Waals surface area contributed by atoms with Crippen molar-refractivity contribution in [3.05, 3.63) is 88.2 Å². The van der Waals surface area contributed by atoms with Gasteiger partial charge in [0.15, 0.2) is 0 Å². The minimum atomic E-state index is -0.989. The van der Waals surface area contributed by atoms with Crippen molar-refractivity contribution in [2.45, 2.75) is 0 Å². The highest BCUT2D eigenvalue weighted by atomic mass is 35.5. The smallest absolute Gasteiger partial charge is 0.329 e.